The summed E-state index contributed by atoms with van der Waals surface area (Å²) in [6, 6.07) is 0. The molecule has 4 heteroatoms. The second-order valence-electron chi connectivity index (χ2n) is 3.91. The Hall–Kier alpha value is -0.450. The van der Waals surface area contributed by atoms with Gasteiger partial charge in [-0.3, -0.25) is 0 Å². The fourth-order valence-electron chi connectivity index (χ4n) is 1.31. The van der Waals surface area contributed by atoms with Gasteiger partial charge in [0.05, 0.1) is 10.7 Å². The van der Waals surface area contributed by atoms with Crippen molar-refractivity contribution in [1.82, 2.24) is 4.98 Å². The Balaban J connectivity index is 2.88. The van der Waals surface area contributed by atoms with Crippen LogP contribution in [0.15, 0.2) is 5.38 Å². The highest BCUT2D eigenvalue weighted by Crippen LogP contribution is 2.35. The van der Waals surface area contributed by atoms with Crippen LogP contribution in [0.25, 0.3) is 0 Å². The fraction of sp³-hybridized carbons (Fsp3) is 0.700. The third-order valence-electron chi connectivity index (χ3n) is 2.85. The van der Waals surface area contributed by atoms with E-state index in [4.69, 9.17) is 5.73 Å². The lowest BCUT2D eigenvalue weighted by Gasteiger charge is -2.31. The first-order valence-corrected chi connectivity index (χ1v) is 5.71. The predicted octanol–water partition coefficient (Wildman–Crippen LogP) is 1.86. The van der Waals surface area contributed by atoms with E-state index in [1.807, 2.05) is 26.2 Å². The van der Waals surface area contributed by atoms with Gasteiger partial charge in [-0.05, 0) is 13.3 Å². The molecule has 0 bridgehead atoms. The van der Waals surface area contributed by atoms with Crippen LogP contribution < -0.4 is 5.73 Å². The van der Waals surface area contributed by atoms with E-state index in [1.165, 1.54) is 0 Å². The number of rotatable bonds is 4. The van der Waals surface area contributed by atoms with E-state index in [1.54, 1.807) is 11.3 Å². The van der Waals surface area contributed by atoms with Crippen molar-refractivity contribution in [1.29, 1.82) is 0 Å². The number of aliphatic hydroxyl groups is 1. The molecule has 0 amide bonds. The van der Waals surface area contributed by atoms with Crippen LogP contribution in [0.4, 0.5) is 0 Å². The lowest BCUT2D eigenvalue weighted by Crippen LogP contribution is -2.33. The SMILES string of the molecule is CCC(C)(CN)C(O)c1csc(C)n1. The smallest absolute Gasteiger partial charge is 0.103 e. The number of aryl methyl sites for hydroxylation is 1. The standard InChI is InChI=1S/C10H18N2OS/c1-4-10(3,6-11)9(13)8-5-14-7(2)12-8/h5,9,13H,4,6,11H2,1-3H3. The van der Waals surface area contributed by atoms with Crippen molar-refractivity contribution in [3.63, 3.8) is 0 Å². The van der Waals surface area contributed by atoms with Gasteiger partial charge in [-0.1, -0.05) is 13.8 Å². The Morgan fingerprint density at radius 3 is 2.71 bits per heavy atom. The van der Waals surface area contributed by atoms with Gasteiger partial charge in [0.25, 0.3) is 0 Å². The maximum absolute atomic E-state index is 10.1. The average Bonchev–Trinajstić information content (AvgIpc) is 2.62. The van der Waals surface area contributed by atoms with Crippen molar-refractivity contribution in [2.75, 3.05) is 6.54 Å². The first-order valence-electron chi connectivity index (χ1n) is 4.83. The summed E-state index contributed by atoms with van der Waals surface area (Å²) in [4.78, 5) is 4.29. The summed E-state index contributed by atoms with van der Waals surface area (Å²) in [7, 11) is 0. The minimum Gasteiger partial charge on any atom is -0.386 e. The van der Waals surface area contributed by atoms with Gasteiger partial charge in [0, 0.05) is 17.3 Å². The van der Waals surface area contributed by atoms with Crippen LogP contribution in [-0.2, 0) is 0 Å². The lowest BCUT2D eigenvalue weighted by atomic mass is 9.80. The van der Waals surface area contributed by atoms with Crippen LogP contribution in [0, 0.1) is 12.3 Å². The molecule has 0 fully saturated rings. The average molecular weight is 214 g/mol. The Morgan fingerprint density at radius 2 is 2.36 bits per heavy atom. The zero-order chi connectivity index (χ0) is 10.8. The van der Waals surface area contributed by atoms with Crippen LogP contribution in [0.2, 0.25) is 0 Å². The molecule has 0 aliphatic carbocycles. The number of hydrogen-bond donors (Lipinski definition) is 2. The van der Waals surface area contributed by atoms with Gasteiger partial charge in [0.1, 0.15) is 6.10 Å². The third kappa shape index (κ3) is 2.13. The van der Waals surface area contributed by atoms with Crippen LogP contribution in [0.3, 0.4) is 0 Å². The second kappa shape index (κ2) is 4.38. The zero-order valence-electron chi connectivity index (χ0n) is 8.95. The summed E-state index contributed by atoms with van der Waals surface area (Å²) >= 11 is 1.56. The second-order valence-corrected chi connectivity index (χ2v) is 4.97. The van der Waals surface area contributed by atoms with Crippen LogP contribution in [0.1, 0.15) is 37.1 Å². The maximum atomic E-state index is 10.1. The molecule has 2 unspecified atom stereocenters. The molecule has 0 aromatic carbocycles. The third-order valence-corrected chi connectivity index (χ3v) is 3.64. The van der Waals surface area contributed by atoms with Crippen LogP contribution in [0.5, 0.6) is 0 Å². The maximum Gasteiger partial charge on any atom is 0.103 e. The number of aromatic nitrogens is 1. The Morgan fingerprint density at radius 1 is 1.71 bits per heavy atom. The Bertz CT molecular complexity index is 294. The molecule has 14 heavy (non-hydrogen) atoms. The van der Waals surface area contributed by atoms with Gasteiger partial charge in [0.2, 0.25) is 0 Å². The molecule has 0 aliphatic heterocycles. The molecule has 3 N–H and O–H groups in total. The molecule has 1 rings (SSSR count). The van der Waals surface area contributed by atoms with Crippen LogP contribution >= 0.6 is 11.3 Å². The minimum absolute atomic E-state index is 0.263. The number of thiazole rings is 1. The first kappa shape index (κ1) is 11.6. The lowest BCUT2D eigenvalue weighted by molar-refractivity contribution is 0.0361. The summed E-state index contributed by atoms with van der Waals surface area (Å²) in [6.45, 7) is 6.44. The van der Waals surface area contributed by atoms with Gasteiger partial charge in [-0.25, -0.2) is 4.98 Å². The summed E-state index contributed by atoms with van der Waals surface area (Å²) in [6.07, 6.45) is 0.295. The van der Waals surface area contributed by atoms with E-state index in [-0.39, 0.29) is 5.41 Å². The number of nitrogens with two attached hydrogens (primary N) is 1. The molecule has 0 saturated heterocycles. The van der Waals surface area contributed by atoms with Crippen molar-refractivity contribution in [2.24, 2.45) is 11.1 Å². The van der Waals surface area contributed by atoms with E-state index in [9.17, 15) is 5.11 Å². The molecule has 1 aromatic heterocycles. The predicted molar refractivity (Wildman–Crippen MR) is 59.3 cm³/mol. The Kier molecular flexibility index (Phi) is 3.64. The van der Waals surface area contributed by atoms with Gasteiger partial charge in [-0.15, -0.1) is 11.3 Å². The number of aliphatic hydroxyl groups excluding tert-OH is 1. The zero-order valence-corrected chi connectivity index (χ0v) is 9.77. The molecular formula is C10H18N2OS. The van der Waals surface area contributed by atoms with Gasteiger partial charge < -0.3 is 10.8 Å². The highest BCUT2D eigenvalue weighted by atomic mass is 32.1. The van der Waals surface area contributed by atoms with Gasteiger partial charge in [-0.2, -0.15) is 0 Å². The van der Waals surface area contributed by atoms with E-state index >= 15 is 0 Å². The molecule has 0 saturated carbocycles. The largest absolute Gasteiger partial charge is 0.386 e. The molecule has 80 valence electrons. The Labute approximate surface area is 89.0 Å². The quantitative estimate of drug-likeness (QED) is 0.804. The van der Waals surface area contributed by atoms with Crippen molar-refractivity contribution < 1.29 is 5.11 Å². The molecule has 2 atom stereocenters. The fourth-order valence-corrected chi connectivity index (χ4v) is 1.94. The monoisotopic (exact) mass is 214 g/mol. The van der Waals surface area contributed by atoms with E-state index in [0.29, 0.717) is 6.54 Å². The molecular weight excluding hydrogens is 196 g/mol. The number of nitrogens with zero attached hydrogens (tertiary/aromatic N) is 1. The normalized spacial score (nSPS) is 17.8. The van der Waals surface area contributed by atoms with E-state index < -0.39 is 6.10 Å². The van der Waals surface area contributed by atoms with Gasteiger partial charge >= 0.3 is 0 Å². The summed E-state index contributed by atoms with van der Waals surface area (Å²) in [5.41, 5.74) is 6.17. The van der Waals surface area contributed by atoms with Gasteiger partial charge in [0.15, 0.2) is 0 Å². The molecule has 1 heterocycles. The highest BCUT2D eigenvalue weighted by molar-refractivity contribution is 7.09. The topological polar surface area (TPSA) is 59.1 Å². The molecule has 0 radical (unpaired) electrons. The summed E-state index contributed by atoms with van der Waals surface area (Å²) in [5, 5.41) is 13.0. The number of hydrogen-bond acceptors (Lipinski definition) is 4. The van der Waals surface area contributed by atoms with Crippen molar-refractivity contribution in [3.8, 4) is 0 Å². The van der Waals surface area contributed by atoms with Crippen molar-refractivity contribution in [3.05, 3.63) is 16.1 Å². The molecule has 1 aromatic rings. The molecule has 0 spiro atoms. The van der Waals surface area contributed by atoms with Crippen molar-refractivity contribution in [2.45, 2.75) is 33.3 Å². The molecule has 3 nitrogen and oxygen atoms in total. The summed E-state index contributed by atoms with van der Waals surface area (Å²) < 4.78 is 0. The molecule has 0 aliphatic rings. The van der Waals surface area contributed by atoms with E-state index in [0.717, 1.165) is 17.1 Å². The van der Waals surface area contributed by atoms with Crippen molar-refractivity contribution >= 4 is 11.3 Å². The highest BCUT2D eigenvalue weighted by Gasteiger charge is 2.32. The minimum atomic E-state index is -0.553. The first-order chi connectivity index (χ1) is 6.53. The van der Waals surface area contributed by atoms with Crippen LogP contribution in [-0.4, -0.2) is 16.6 Å². The van der Waals surface area contributed by atoms with E-state index in [2.05, 4.69) is 4.98 Å². The summed E-state index contributed by atoms with van der Waals surface area (Å²) in [5.74, 6) is 0.